The van der Waals surface area contributed by atoms with E-state index in [4.69, 9.17) is 0 Å². The molecule has 2 saturated carbocycles. The maximum absolute atomic E-state index is 4.56. The third kappa shape index (κ3) is 11.1. The SMILES string of the molecule is C=CCN1C=NN([C@@H]2C[C@H](C)CC[C@H]2C(C)C)[CH-]1.C=CCN1C=NN([C@H]2C[C@H](C)CC[C@H]2C(C)C)[CH-]1.[Br][Pd][Br]. The van der Waals surface area contributed by atoms with E-state index in [1.54, 1.807) is 0 Å². The van der Waals surface area contributed by atoms with Crippen molar-refractivity contribution in [3.05, 3.63) is 38.6 Å². The van der Waals surface area contributed by atoms with E-state index in [0.29, 0.717) is 26.0 Å². The Bertz CT molecular complexity index is 717. The number of halogens is 2. The quantitative estimate of drug-likeness (QED) is 0.142. The van der Waals surface area contributed by atoms with Crippen LogP contribution in [0.2, 0.25) is 0 Å². The first-order chi connectivity index (χ1) is 18.6. The second-order valence-electron chi connectivity index (χ2n) is 12.3. The first-order valence-electron chi connectivity index (χ1n) is 14.5. The fourth-order valence-corrected chi connectivity index (χ4v) is 6.42. The molecule has 2 aliphatic heterocycles. The van der Waals surface area contributed by atoms with Crippen molar-refractivity contribution < 1.29 is 13.9 Å². The van der Waals surface area contributed by atoms with Gasteiger partial charge in [-0.15, -0.1) is 26.5 Å². The Morgan fingerprint density at radius 3 is 1.46 bits per heavy atom. The molecule has 0 aromatic carbocycles. The molecule has 6 atom stereocenters. The summed E-state index contributed by atoms with van der Waals surface area (Å²) >= 11 is 6.80. The molecule has 0 bridgehead atoms. The van der Waals surface area contributed by atoms with Gasteiger partial charge in [-0.3, -0.25) is 0 Å². The molecule has 0 radical (unpaired) electrons. The Kier molecular flexibility index (Phi) is 16.3. The van der Waals surface area contributed by atoms with Crippen LogP contribution < -0.4 is 0 Å². The van der Waals surface area contributed by atoms with Crippen molar-refractivity contribution in [2.24, 2.45) is 45.7 Å². The summed E-state index contributed by atoms with van der Waals surface area (Å²) in [5.41, 5.74) is 0. The number of hydrogen-bond acceptors (Lipinski definition) is 6. The molecule has 228 valence electrons. The van der Waals surface area contributed by atoms with Crippen LogP contribution in [-0.4, -0.2) is 57.7 Å². The summed E-state index contributed by atoms with van der Waals surface area (Å²) < 4.78 is 0. The molecule has 39 heavy (non-hydrogen) atoms. The summed E-state index contributed by atoms with van der Waals surface area (Å²) in [6.45, 7) is 27.6. The van der Waals surface area contributed by atoms with Gasteiger partial charge in [0.15, 0.2) is 0 Å². The van der Waals surface area contributed by atoms with Crippen LogP contribution in [0.15, 0.2) is 35.5 Å². The van der Waals surface area contributed by atoms with Crippen LogP contribution in [-0.2, 0) is 13.9 Å². The van der Waals surface area contributed by atoms with Gasteiger partial charge in [0, 0.05) is 25.2 Å². The molecule has 4 rings (SSSR count). The number of hydrogen-bond donors (Lipinski definition) is 0. The van der Waals surface area contributed by atoms with Crippen LogP contribution in [0, 0.1) is 48.8 Å². The van der Waals surface area contributed by atoms with E-state index >= 15 is 0 Å². The van der Waals surface area contributed by atoms with Gasteiger partial charge in [-0.1, -0.05) is 66.5 Å². The molecule has 0 unspecified atom stereocenters. The van der Waals surface area contributed by atoms with Crippen LogP contribution in [0.25, 0.3) is 0 Å². The Hall–Kier alpha value is -0.358. The molecule has 0 N–H and O–H groups in total. The predicted molar refractivity (Wildman–Crippen MR) is 171 cm³/mol. The van der Waals surface area contributed by atoms with Crippen molar-refractivity contribution in [2.75, 3.05) is 13.1 Å². The van der Waals surface area contributed by atoms with E-state index in [2.05, 4.69) is 125 Å². The van der Waals surface area contributed by atoms with Crippen molar-refractivity contribution in [3.63, 3.8) is 0 Å². The Balaban J connectivity index is 0.000000249. The zero-order valence-electron chi connectivity index (χ0n) is 24.9. The Labute approximate surface area is 261 Å². The van der Waals surface area contributed by atoms with Gasteiger partial charge in [-0.05, 0) is 61.2 Å². The molecule has 0 aromatic rings. The van der Waals surface area contributed by atoms with Crippen LogP contribution in [0.5, 0.6) is 0 Å². The number of hydrazone groups is 2. The topological polar surface area (TPSA) is 37.7 Å². The summed E-state index contributed by atoms with van der Waals surface area (Å²) in [5, 5.41) is 13.5. The molecule has 0 aromatic heterocycles. The van der Waals surface area contributed by atoms with Gasteiger partial charge in [-0.25, -0.2) is 10.2 Å². The van der Waals surface area contributed by atoms with Gasteiger partial charge in [0.1, 0.15) is 0 Å². The van der Waals surface area contributed by atoms with Gasteiger partial charge in [0.25, 0.3) is 0 Å². The molecule has 0 saturated heterocycles. The minimum absolute atomic E-state index is 0.569. The summed E-state index contributed by atoms with van der Waals surface area (Å²) in [4.78, 5) is 4.20. The Morgan fingerprint density at radius 2 is 1.15 bits per heavy atom. The molecule has 0 spiro atoms. The summed E-state index contributed by atoms with van der Waals surface area (Å²) in [6, 6.07) is 1.14. The van der Waals surface area contributed by atoms with Gasteiger partial charge in [0.2, 0.25) is 0 Å². The second-order valence-corrected chi connectivity index (χ2v) is 19.4. The third-order valence-electron chi connectivity index (χ3n) is 8.53. The minimum atomic E-state index is 0.569. The summed E-state index contributed by atoms with van der Waals surface area (Å²) in [6.07, 6.45) is 15.6. The summed E-state index contributed by atoms with van der Waals surface area (Å²) in [5.74, 6) is 4.64. The molecule has 0 amide bonds. The van der Waals surface area contributed by atoms with Gasteiger partial charge < -0.3 is 19.8 Å². The first kappa shape index (κ1) is 34.8. The Morgan fingerprint density at radius 1 is 0.795 bits per heavy atom. The second kappa shape index (κ2) is 18.2. The zero-order valence-corrected chi connectivity index (χ0v) is 29.6. The maximum atomic E-state index is 4.56. The average Bonchev–Trinajstić information content (AvgIpc) is 3.55. The predicted octanol–water partition coefficient (Wildman–Crippen LogP) is 8.32. The molecule has 6 nitrogen and oxygen atoms in total. The fourth-order valence-electron chi connectivity index (χ4n) is 6.42. The van der Waals surface area contributed by atoms with E-state index in [1.165, 1.54) is 38.5 Å². The van der Waals surface area contributed by atoms with Gasteiger partial charge >= 0.3 is 40.8 Å². The zero-order chi connectivity index (χ0) is 28.9. The molecule has 4 aliphatic rings. The standard InChI is InChI=1S/2C15H26N3.2BrH.Pd/c2*1-5-8-17-10-16-18(11-17)15-9-13(4)6-7-14(15)12(2)3;;;/h2*5,10-15H,1,6-9H2,2-4H3;2*1H;/q2*-1;;;+2/p-2/t13-,14+,15+;13-,14+,15-;;;/m11.../s1. The van der Waals surface area contributed by atoms with E-state index < -0.39 is 0 Å². The molecular weight excluding hydrogens is 711 g/mol. The van der Waals surface area contributed by atoms with Crippen molar-refractivity contribution in [3.8, 4) is 0 Å². The van der Waals surface area contributed by atoms with E-state index in [9.17, 15) is 0 Å². The monoisotopic (exact) mass is 760 g/mol. The van der Waals surface area contributed by atoms with Gasteiger partial charge in [0.05, 0.1) is 12.7 Å². The van der Waals surface area contributed by atoms with Gasteiger partial charge in [-0.2, -0.15) is 0 Å². The van der Waals surface area contributed by atoms with Crippen molar-refractivity contribution >= 4 is 39.5 Å². The normalized spacial score (nSPS) is 30.4. The van der Waals surface area contributed by atoms with E-state index in [-0.39, 0.29) is 0 Å². The summed E-state index contributed by atoms with van der Waals surface area (Å²) in [7, 11) is 0. The number of nitrogens with zero attached hydrogens (tertiary/aromatic N) is 6. The van der Waals surface area contributed by atoms with Crippen LogP contribution in [0.3, 0.4) is 0 Å². The third-order valence-corrected chi connectivity index (χ3v) is 8.53. The van der Waals surface area contributed by atoms with Crippen LogP contribution in [0.4, 0.5) is 0 Å². The van der Waals surface area contributed by atoms with Crippen molar-refractivity contribution in [1.29, 1.82) is 0 Å². The molecule has 2 fully saturated rings. The van der Waals surface area contributed by atoms with E-state index in [1.807, 2.05) is 24.8 Å². The first-order valence-corrected chi connectivity index (χ1v) is 21.7. The van der Waals surface area contributed by atoms with E-state index in [0.717, 1.165) is 48.6 Å². The molecule has 9 heteroatoms. The van der Waals surface area contributed by atoms with Crippen LogP contribution in [0.1, 0.15) is 80.1 Å². The molecule has 2 heterocycles. The van der Waals surface area contributed by atoms with Crippen LogP contribution >= 0.6 is 26.9 Å². The number of rotatable bonds is 8. The van der Waals surface area contributed by atoms with Crippen molar-refractivity contribution in [2.45, 2.75) is 92.2 Å². The van der Waals surface area contributed by atoms with Crippen molar-refractivity contribution in [1.82, 2.24) is 19.8 Å². The fraction of sp³-hybridized carbons (Fsp3) is 0.733. The molecule has 2 aliphatic carbocycles. The molecular formula is C30H52Br2N6Pd-2. The average molecular weight is 763 g/mol.